The zero-order chi connectivity index (χ0) is 29.5. The fourth-order valence-corrected chi connectivity index (χ4v) is 4.35. The molecular weight excluding hydrogens is 542 g/mol. The summed E-state index contributed by atoms with van der Waals surface area (Å²) in [6.07, 6.45) is 2.17. The van der Waals surface area contributed by atoms with Crippen molar-refractivity contribution < 1.29 is 4.79 Å². The highest BCUT2D eigenvalue weighted by Gasteiger charge is 2.18. The van der Waals surface area contributed by atoms with Crippen LogP contribution in [0.4, 0.5) is 5.69 Å². The zero-order valence-electron chi connectivity index (χ0n) is 22.5. The summed E-state index contributed by atoms with van der Waals surface area (Å²) < 4.78 is 3.39. The van der Waals surface area contributed by atoms with Crippen LogP contribution in [0.2, 0.25) is 5.15 Å². The standard InChI is InChI=1S/C31H26ClN5O4/c1-21-9-11-22(12-10-21)13-14-26(38)34-28-29(32)37(31(41)35(2)30(28)40)16-5-6-23-15-17-36(27(39)18-23)20-25-8-4-3-7-24(25)19-33/h3-4,7-12,15,17-18H,13-14,16,20H2,1-2H3,(H,34,38). The average Bonchev–Trinajstić information content (AvgIpc) is 2.97. The maximum absolute atomic E-state index is 12.7. The molecule has 0 bridgehead atoms. The largest absolute Gasteiger partial charge is 0.332 e. The minimum Gasteiger partial charge on any atom is -0.319 e. The van der Waals surface area contributed by atoms with E-state index in [1.165, 1.54) is 17.7 Å². The van der Waals surface area contributed by atoms with E-state index in [1.54, 1.807) is 36.5 Å². The van der Waals surface area contributed by atoms with Crippen molar-refractivity contribution in [2.75, 3.05) is 5.32 Å². The van der Waals surface area contributed by atoms with Gasteiger partial charge in [-0.2, -0.15) is 5.26 Å². The van der Waals surface area contributed by atoms with Gasteiger partial charge in [-0.1, -0.05) is 71.5 Å². The summed E-state index contributed by atoms with van der Waals surface area (Å²) in [4.78, 5) is 50.7. The quantitative estimate of drug-likeness (QED) is 0.272. The summed E-state index contributed by atoms with van der Waals surface area (Å²) in [5.41, 5.74) is 1.78. The number of halogens is 1. The Bertz CT molecular complexity index is 1900. The molecule has 2 aromatic heterocycles. The molecule has 0 radical (unpaired) electrons. The normalized spacial score (nSPS) is 10.4. The summed E-state index contributed by atoms with van der Waals surface area (Å²) >= 11 is 6.39. The lowest BCUT2D eigenvalue weighted by Gasteiger charge is -2.13. The first-order valence-corrected chi connectivity index (χ1v) is 13.1. The lowest BCUT2D eigenvalue weighted by atomic mass is 10.1. The van der Waals surface area contributed by atoms with Gasteiger partial charge >= 0.3 is 5.69 Å². The van der Waals surface area contributed by atoms with Crippen molar-refractivity contribution in [2.45, 2.75) is 32.9 Å². The number of rotatable bonds is 7. The Morgan fingerprint density at radius 1 is 1.05 bits per heavy atom. The third-order valence-corrected chi connectivity index (χ3v) is 6.84. The van der Waals surface area contributed by atoms with E-state index >= 15 is 0 Å². The number of hydrogen-bond acceptors (Lipinski definition) is 5. The first kappa shape index (κ1) is 28.9. The van der Waals surface area contributed by atoms with Gasteiger partial charge in [0.05, 0.1) is 24.7 Å². The molecule has 0 unspecified atom stereocenters. The molecule has 41 heavy (non-hydrogen) atoms. The minimum atomic E-state index is -0.727. The molecule has 2 aromatic carbocycles. The van der Waals surface area contributed by atoms with Crippen LogP contribution in [0.15, 0.2) is 81.2 Å². The number of amides is 1. The first-order valence-electron chi connectivity index (χ1n) is 12.7. The molecule has 206 valence electrons. The van der Waals surface area contributed by atoms with Gasteiger partial charge < -0.3 is 9.88 Å². The smallest absolute Gasteiger partial charge is 0.319 e. The van der Waals surface area contributed by atoms with Crippen molar-refractivity contribution in [3.05, 3.63) is 131 Å². The van der Waals surface area contributed by atoms with E-state index in [1.807, 2.05) is 31.2 Å². The minimum absolute atomic E-state index is 0.120. The van der Waals surface area contributed by atoms with Crippen LogP contribution in [0.5, 0.6) is 0 Å². The van der Waals surface area contributed by atoms with Crippen molar-refractivity contribution in [3.8, 4) is 17.9 Å². The molecule has 0 aliphatic carbocycles. The predicted molar refractivity (Wildman–Crippen MR) is 157 cm³/mol. The summed E-state index contributed by atoms with van der Waals surface area (Å²) in [6.45, 7) is 2.03. The van der Waals surface area contributed by atoms with Crippen molar-refractivity contribution >= 4 is 23.2 Å². The Hall–Kier alpha value is -5.12. The molecule has 0 aliphatic rings. The van der Waals surface area contributed by atoms with Gasteiger partial charge in [0.1, 0.15) is 10.8 Å². The van der Waals surface area contributed by atoms with Gasteiger partial charge in [-0.05, 0) is 36.6 Å². The summed E-state index contributed by atoms with van der Waals surface area (Å²) in [5, 5.41) is 11.6. The molecule has 1 N–H and O–H groups in total. The van der Waals surface area contributed by atoms with E-state index in [2.05, 4.69) is 23.2 Å². The molecule has 4 aromatic rings. The van der Waals surface area contributed by atoms with Crippen LogP contribution in [0, 0.1) is 30.1 Å². The number of nitriles is 1. The highest BCUT2D eigenvalue weighted by atomic mass is 35.5. The molecule has 0 atom stereocenters. The van der Waals surface area contributed by atoms with Gasteiger partial charge in [0, 0.05) is 31.3 Å². The SMILES string of the molecule is Cc1ccc(CCC(=O)Nc2c(Cl)n(CC#Cc3ccn(Cc4ccccc4C#N)c(=O)c3)c(=O)n(C)c2=O)cc1. The van der Waals surface area contributed by atoms with E-state index in [0.29, 0.717) is 17.5 Å². The molecule has 0 aliphatic heterocycles. The van der Waals surface area contributed by atoms with Crippen molar-refractivity contribution in [1.29, 1.82) is 5.26 Å². The number of aryl methyl sites for hydroxylation is 2. The molecule has 2 heterocycles. The second-order valence-corrected chi connectivity index (χ2v) is 9.74. The molecule has 0 saturated carbocycles. The van der Waals surface area contributed by atoms with Gasteiger partial charge in [0.2, 0.25) is 5.91 Å². The van der Waals surface area contributed by atoms with Crippen LogP contribution >= 0.6 is 11.6 Å². The van der Waals surface area contributed by atoms with Crippen LogP contribution in [-0.2, 0) is 31.4 Å². The topological polar surface area (TPSA) is 119 Å². The van der Waals surface area contributed by atoms with Gasteiger partial charge in [0.15, 0.2) is 0 Å². The second-order valence-electron chi connectivity index (χ2n) is 9.38. The monoisotopic (exact) mass is 567 g/mol. The lowest BCUT2D eigenvalue weighted by molar-refractivity contribution is -0.116. The number of nitrogens with one attached hydrogen (secondary N) is 1. The van der Waals surface area contributed by atoms with E-state index in [9.17, 15) is 24.4 Å². The first-order chi connectivity index (χ1) is 19.7. The number of pyridine rings is 1. The van der Waals surface area contributed by atoms with Crippen LogP contribution in [0.1, 0.15) is 34.2 Å². The Morgan fingerprint density at radius 3 is 2.49 bits per heavy atom. The molecule has 0 spiro atoms. The molecular formula is C31H26ClN5O4. The fourth-order valence-electron chi connectivity index (χ4n) is 4.09. The molecule has 4 rings (SSSR count). The third-order valence-electron chi connectivity index (χ3n) is 6.45. The summed E-state index contributed by atoms with van der Waals surface area (Å²) in [7, 11) is 1.29. The van der Waals surface area contributed by atoms with Crippen molar-refractivity contribution in [1.82, 2.24) is 13.7 Å². The Morgan fingerprint density at radius 2 is 1.78 bits per heavy atom. The van der Waals surface area contributed by atoms with Crippen LogP contribution in [0.25, 0.3) is 0 Å². The van der Waals surface area contributed by atoms with Crippen molar-refractivity contribution in [3.63, 3.8) is 0 Å². The predicted octanol–water partition coefficient (Wildman–Crippen LogP) is 3.21. The van der Waals surface area contributed by atoms with Crippen LogP contribution in [-0.4, -0.2) is 19.6 Å². The number of nitrogens with zero attached hydrogens (tertiary/aromatic N) is 4. The van der Waals surface area contributed by atoms with Gasteiger partial charge in [-0.25, -0.2) is 4.79 Å². The summed E-state index contributed by atoms with van der Waals surface area (Å²) in [5.74, 6) is 5.21. The molecule has 9 nitrogen and oxygen atoms in total. The van der Waals surface area contributed by atoms with Gasteiger partial charge in [0.25, 0.3) is 11.1 Å². The highest BCUT2D eigenvalue weighted by molar-refractivity contribution is 6.32. The number of aromatic nitrogens is 3. The molecule has 0 saturated heterocycles. The van der Waals surface area contributed by atoms with E-state index in [4.69, 9.17) is 11.6 Å². The molecule has 1 amide bonds. The van der Waals surface area contributed by atoms with E-state index in [0.717, 1.165) is 25.8 Å². The maximum Gasteiger partial charge on any atom is 0.332 e. The maximum atomic E-state index is 12.7. The average molecular weight is 568 g/mol. The fraction of sp³-hybridized carbons (Fsp3) is 0.194. The van der Waals surface area contributed by atoms with E-state index < -0.39 is 17.2 Å². The Balaban J connectivity index is 1.50. The highest BCUT2D eigenvalue weighted by Crippen LogP contribution is 2.16. The number of benzene rings is 2. The number of carbonyl (C=O) groups is 1. The number of hydrogen-bond donors (Lipinski definition) is 1. The van der Waals surface area contributed by atoms with Gasteiger partial charge in [-0.3, -0.25) is 23.5 Å². The van der Waals surface area contributed by atoms with Crippen LogP contribution < -0.4 is 22.1 Å². The van der Waals surface area contributed by atoms with E-state index in [-0.39, 0.29) is 35.9 Å². The number of carbonyl (C=O) groups excluding carboxylic acids is 1. The zero-order valence-corrected chi connectivity index (χ0v) is 23.2. The second kappa shape index (κ2) is 12.8. The molecule has 10 heteroatoms. The Kier molecular flexibility index (Phi) is 9.03. The summed E-state index contributed by atoms with van der Waals surface area (Å²) in [6, 6.07) is 19.9. The molecule has 0 fully saturated rings. The third kappa shape index (κ3) is 6.91. The van der Waals surface area contributed by atoms with Crippen LogP contribution in [0.3, 0.4) is 0 Å². The lowest BCUT2D eigenvalue weighted by Crippen LogP contribution is -2.40. The Labute approximate surface area is 240 Å². The van der Waals surface area contributed by atoms with Crippen molar-refractivity contribution in [2.24, 2.45) is 7.05 Å². The number of anilines is 1. The van der Waals surface area contributed by atoms with Gasteiger partial charge in [-0.15, -0.1) is 0 Å².